The van der Waals surface area contributed by atoms with Crippen LogP contribution in [0.15, 0.2) is 95.5 Å². The maximum Gasteiger partial charge on any atom is 0.258 e. The number of hydrogen-bond donors (Lipinski definition) is 0. The Morgan fingerprint density at radius 3 is 2.00 bits per heavy atom. The number of hydrogen-bond acceptors (Lipinski definition) is 3. The van der Waals surface area contributed by atoms with Crippen LogP contribution in [0.5, 0.6) is 0 Å². The molecular weight excluding hydrogens is 308 g/mol. The minimum Gasteiger partial charge on any atom is -0.334 e. The van der Waals surface area contributed by atoms with Gasteiger partial charge < -0.3 is 4.52 Å². The predicted molar refractivity (Wildman–Crippen MR) is 99.6 cm³/mol. The van der Waals surface area contributed by atoms with Gasteiger partial charge in [0.1, 0.15) is 0 Å². The SMILES string of the molecule is C(=C(\c1ccccc1)c1nc(-c2ccccc2)no1)/c1ccccc1. The van der Waals surface area contributed by atoms with Crippen LogP contribution in [0.1, 0.15) is 17.0 Å². The fraction of sp³-hybridized carbons (Fsp3) is 0. The van der Waals surface area contributed by atoms with E-state index in [1.54, 1.807) is 0 Å². The summed E-state index contributed by atoms with van der Waals surface area (Å²) in [4.78, 5) is 4.61. The Morgan fingerprint density at radius 2 is 1.32 bits per heavy atom. The third kappa shape index (κ3) is 3.40. The molecule has 0 radical (unpaired) electrons. The Labute approximate surface area is 146 Å². The molecule has 0 atom stereocenters. The standard InChI is InChI=1S/C22H16N2O/c1-4-10-17(11-5-1)16-20(18-12-6-2-7-13-18)22-23-21(24-25-22)19-14-8-3-9-15-19/h1-16H/b20-16-. The second-order valence-electron chi connectivity index (χ2n) is 5.62. The lowest BCUT2D eigenvalue weighted by molar-refractivity contribution is 0.409. The Kier molecular flexibility index (Phi) is 4.21. The lowest BCUT2D eigenvalue weighted by Crippen LogP contribution is -1.89. The zero-order valence-corrected chi connectivity index (χ0v) is 13.5. The molecule has 1 heterocycles. The number of nitrogens with zero attached hydrogens (tertiary/aromatic N) is 2. The van der Waals surface area contributed by atoms with Crippen LogP contribution >= 0.6 is 0 Å². The van der Waals surface area contributed by atoms with E-state index in [0.29, 0.717) is 11.7 Å². The summed E-state index contributed by atoms with van der Waals surface area (Å²) in [5.41, 5.74) is 3.96. The highest BCUT2D eigenvalue weighted by atomic mass is 16.5. The van der Waals surface area contributed by atoms with Crippen LogP contribution in [-0.2, 0) is 0 Å². The average molecular weight is 324 g/mol. The molecule has 0 bridgehead atoms. The maximum absolute atomic E-state index is 5.58. The Morgan fingerprint density at radius 1 is 0.720 bits per heavy atom. The third-order valence-corrected chi connectivity index (χ3v) is 3.88. The van der Waals surface area contributed by atoms with Gasteiger partial charge in [-0.25, -0.2) is 0 Å². The van der Waals surface area contributed by atoms with E-state index < -0.39 is 0 Å². The first-order chi connectivity index (χ1) is 12.4. The monoisotopic (exact) mass is 324 g/mol. The van der Waals surface area contributed by atoms with Gasteiger partial charge in [0, 0.05) is 11.1 Å². The van der Waals surface area contributed by atoms with E-state index in [2.05, 4.69) is 28.3 Å². The van der Waals surface area contributed by atoms with E-state index in [-0.39, 0.29) is 0 Å². The van der Waals surface area contributed by atoms with E-state index in [9.17, 15) is 0 Å². The van der Waals surface area contributed by atoms with Gasteiger partial charge in [-0.1, -0.05) is 96.2 Å². The smallest absolute Gasteiger partial charge is 0.258 e. The largest absolute Gasteiger partial charge is 0.334 e. The lowest BCUT2D eigenvalue weighted by atomic mass is 10.0. The van der Waals surface area contributed by atoms with Crippen molar-refractivity contribution in [1.82, 2.24) is 10.1 Å². The number of benzene rings is 3. The van der Waals surface area contributed by atoms with Gasteiger partial charge in [0.05, 0.1) is 0 Å². The highest BCUT2D eigenvalue weighted by Gasteiger charge is 2.14. The highest BCUT2D eigenvalue weighted by molar-refractivity contribution is 5.88. The lowest BCUT2D eigenvalue weighted by Gasteiger charge is -2.03. The molecule has 3 heteroatoms. The molecule has 0 spiro atoms. The first kappa shape index (κ1) is 15.1. The quantitative estimate of drug-likeness (QED) is 0.477. The summed E-state index contributed by atoms with van der Waals surface area (Å²) in [6.45, 7) is 0. The zero-order valence-electron chi connectivity index (χ0n) is 13.5. The van der Waals surface area contributed by atoms with Crippen molar-refractivity contribution in [3.8, 4) is 11.4 Å². The molecule has 4 aromatic rings. The van der Waals surface area contributed by atoms with Crippen molar-refractivity contribution in [3.63, 3.8) is 0 Å². The molecule has 0 unspecified atom stereocenters. The summed E-state index contributed by atoms with van der Waals surface area (Å²) >= 11 is 0. The summed E-state index contributed by atoms with van der Waals surface area (Å²) < 4.78 is 5.58. The topological polar surface area (TPSA) is 38.9 Å². The molecule has 25 heavy (non-hydrogen) atoms. The van der Waals surface area contributed by atoms with Gasteiger partial charge in [-0.15, -0.1) is 0 Å². The molecule has 0 N–H and O–H groups in total. The van der Waals surface area contributed by atoms with Crippen molar-refractivity contribution in [2.24, 2.45) is 0 Å². The van der Waals surface area contributed by atoms with E-state index in [0.717, 1.165) is 22.3 Å². The molecule has 3 aromatic carbocycles. The fourth-order valence-electron chi connectivity index (χ4n) is 2.64. The predicted octanol–water partition coefficient (Wildman–Crippen LogP) is 5.33. The second kappa shape index (κ2) is 6.97. The molecule has 0 fully saturated rings. The average Bonchev–Trinajstić information content (AvgIpc) is 3.18. The third-order valence-electron chi connectivity index (χ3n) is 3.88. The molecule has 0 amide bonds. The van der Waals surface area contributed by atoms with E-state index in [1.807, 2.05) is 78.9 Å². The van der Waals surface area contributed by atoms with Gasteiger partial charge in [-0.05, 0) is 17.2 Å². The molecule has 4 rings (SSSR count). The zero-order chi connectivity index (χ0) is 16.9. The van der Waals surface area contributed by atoms with Crippen molar-refractivity contribution in [3.05, 3.63) is 108 Å². The molecular formula is C22H16N2O. The van der Waals surface area contributed by atoms with Gasteiger partial charge in [-0.3, -0.25) is 0 Å². The van der Waals surface area contributed by atoms with Crippen molar-refractivity contribution in [2.75, 3.05) is 0 Å². The summed E-state index contributed by atoms with van der Waals surface area (Å²) in [5.74, 6) is 1.10. The van der Waals surface area contributed by atoms with Crippen LogP contribution < -0.4 is 0 Å². The van der Waals surface area contributed by atoms with Crippen molar-refractivity contribution >= 4 is 11.6 Å². The maximum atomic E-state index is 5.58. The Hall–Kier alpha value is -3.46. The molecule has 0 aliphatic rings. The first-order valence-corrected chi connectivity index (χ1v) is 8.12. The van der Waals surface area contributed by atoms with Crippen LogP contribution in [0.3, 0.4) is 0 Å². The van der Waals surface area contributed by atoms with Gasteiger partial charge in [-0.2, -0.15) is 4.98 Å². The molecule has 0 aliphatic heterocycles. The van der Waals surface area contributed by atoms with Crippen molar-refractivity contribution in [1.29, 1.82) is 0 Å². The summed E-state index contributed by atoms with van der Waals surface area (Å²) in [6, 6.07) is 30.0. The van der Waals surface area contributed by atoms with Gasteiger partial charge >= 0.3 is 0 Å². The molecule has 0 saturated heterocycles. The van der Waals surface area contributed by atoms with Gasteiger partial charge in [0.2, 0.25) is 5.82 Å². The van der Waals surface area contributed by atoms with Gasteiger partial charge in [0.25, 0.3) is 5.89 Å². The van der Waals surface area contributed by atoms with E-state index >= 15 is 0 Å². The Balaban J connectivity index is 1.80. The molecule has 0 saturated carbocycles. The fourth-order valence-corrected chi connectivity index (χ4v) is 2.64. The minimum atomic E-state index is 0.508. The summed E-state index contributed by atoms with van der Waals surface area (Å²) in [6.07, 6.45) is 2.07. The molecule has 3 nitrogen and oxygen atoms in total. The van der Waals surface area contributed by atoms with Crippen LogP contribution in [0.25, 0.3) is 23.0 Å². The van der Waals surface area contributed by atoms with Crippen molar-refractivity contribution < 1.29 is 4.52 Å². The van der Waals surface area contributed by atoms with Gasteiger partial charge in [0.15, 0.2) is 0 Å². The second-order valence-corrected chi connectivity index (χ2v) is 5.62. The molecule has 1 aromatic heterocycles. The first-order valence-electron chi connectivity index (χ1n) is 8.12. The summed E-state index contributed by atoms with van der Waals surface area (Å²) in [5, 5.41) is 4.15. The van der Waals surface area contributed by atoms with Crippen molar-refractivity contribution in [2.45, 2.75) is 0 Å². The van der Waals surface area contributed by atoms with Crippen LogP contribution in [0.4, 0.5) is 0 Å². The van der Waals surface area contributed by atoms with Crippen LogP contribution in [0, 0.1) is 0 Å². The van der Waals surface area contributed by atoms with Crippen LogP contribution in [-0.4, -0.2) is 10.1 Å². The molecule has 0 aliphatic carbocycles. The number of rotatable bonds is 4. The summed E-state index contributed by atoms with van der Waals surface area (Å²) in [7, 11) is 0. The Bertz CT molecular complexity index is 974. The number of aromatic nitrogens is 2. The van der Waals surface area contributed by atoms with E-state index in [1.165, 1.54) is 0 Å². The van der Waals surface area contributed by atoms with E-state index in [4.69, 9.17) is 4.52 Å². The highest BCUT2D eigenvalue weighted by Crippen LogP contribution is 2.26. The molecule has 120 valence electrons. The van der Waals surface area contributed by atoms with Crippen LogP contribution in [0.2, 0.25) is 0 Å². The normalized spacial score (nSPS) is 11.4. The minimum absolute atomic E-state index is 0.508.